The molecule has 2 aliphatic rings. The maximum atomic E-state index is 13.3. The SMILES string of the molecule is C=CC1=CCC2C(=O)C(C)=C(C)C(=O)C2(C)C1c1ccc(O)cc1Cl. The lowest BCUT2D eigenvalue weighted by atomic mass is 9.52. The van der Waals surface area contributed by atoms with Crippen LogP contribution in [0.1, 0.15) is 38.7 Å². The summed E-state index contributed by atoms with van der Waals surface area (Å²) in [6.07, 6.45) is 4.22. The van der Waals surface area contributed by atoms with Crippen LogP contribution in [0, 0.1) is 11.3 Å². The number of phenols is 1. The predicted octanol–water partition coefficient (Wildman–Crippen LogP) is 4.76. The largest absolute Gasteiger partial charge is 0.508 e. The van der Waals surface area contributed by atoms with Crippen LogP contribution in [0.5, 0.6) is 5.75 Å². The molecular formula is C21H21ClO3. The van der Waals surface area contributed by atoms with Gasteiger partial charge in [-0.3, -0.25) is 9.59 Å². The van der Waals surface area contributed by atoms with Crippen molar-refractivity contribution in [1.29, 1.82) is 0 Å². The van der Waals surface area contributed by atoms with Crippen LogP contribution in [0.25, 0.3) is 0 Å². The van der Waals surface area contributed by atoms with E-state index in [1.54, 1.807) is 32.1 Å². The highest BCUT2D eigenvalue weighted by Crippen LogP contribution is 2.56. The Morgan fingerprint density at radius 3 is 2.56 bits per heavy atom. The number of carbonyl (C=O) groups is 2. The lowest BCUT2D eigenvalue weighted by Gasteiger charge is -2.48. The molecule has 0 amide bonds. The molecule has 0 bridgehead atoms. The zero-order chi connectivity index (χ0) is 18.5. The van der Waals surface area contributed by atoms with Crippen LogP contribution < -0.4 is 0 Å². The van der Waals surface area contributed by atoms with Crippen molar-refractivity contribution >= 4 is 23.2 Å². The number of allylic oxidation sites excluding steroid dienone is 5. The minimum absolute atomic E-state index is 0.0174. The van der Waals surface area contributed by atoms with Crippen molar-refractivity contribution in [3.63, 3.8) is 0 Å². The molecule has 3 atom stereocenters. The zero-order valence-corrected chi connectivity index (χ0v) is 15.4. The minimum atomic E-state index is -0.917. The van der Waals surface area contributed by atoms with Gasteiger partial charge in [-0.15, -0.1) is 0 Å². The van der Waals surface area contributed by atoms with E-state index < -0.39 is 11.3 Å². The average molecular weight is 357 g/mol. The second-order valence-corrected chi connectivity index (χ2v) is 7.47. The molecule has 0 saturated heterocycles. The Labute approximate surface area is 152 Å². The second kappa shape index (κ2) is 5.99. The average Bonchev–Trinajstić information content (AvgIpc) is 2.58. The Balaban J connectivity index is 2.29. The summed E-state index contributed by atoms with van der Waals surface area (Å²) in [6.45, 7) is 9.19. The van der Waals surface area contributed by atoms with E-state index in [0.29, 0.717) is 22.6 Å². The maximum Gasteiger partial charge on any atom is 0.166 e. The molecule has 130 valence electrons. The van der Waals surface area contributed by atoms with Gasteiger partial charge in [0.1, 0.15) is 5.75 Å². The Morgan fingerprint density at radius 2 is 1.96 bits per heavy atom. The standard InChI is InChI=1S/C21H21ClO3/c1-5-13-6-9-16-19(24)11(2)12(3)20(25)21(16,4)18(13)15-8-7-14(23)10-17(15)22/h5-8,10,16,18,23H,1,9H2,2-4H3. The van der Waals surface area contributed by atoms with E-state index in [4.69, 9.17) is 11.6 Å². The van der Waals surface area contributed by atoms with Crippen LogP contribution in [0.4, 0.5) is 0 Å². The molecule has 3 rings (SSSR count). The Kier molecular flexibility index (Phi) is 4.24. The number of rotatable bonds is 2. The molecule has 1 N–H and O–H groups in total. The van der Waals surface area contributed by atoms with Gasteiger partial charge in [0.25, 0.3) is 0 Å². The number of hydrogen-bond acceptors (Lipinski definition) is 3. The van der Waals surface area contributed by atoms with E-state index in [1.807, 2.05) is 13.0 Å². The third-order valence-corrected chi connectivity index (χ3v) is 6.18. The summed E-state index contributed by atoms with van der Waals surface area (Å²) in [5.41, 5.74) is 1.78. The molecule has 1 aromatic carbocycles. The molecule has 0 spiro atoms. The third-order valence-electron chi connectivity index (χ3n) is 5.86. The van der Waals surface area contributed by atoms with Crippen molar-refractivity contribution in [2.75, 3.05) is 0 Å². The van der Waals surface area contributed by atoms with Gasteiger partial charge in [-0.25, -0.2) is 0 Å². The van der Waals surface area contributed by atoms with Gasteiger partial charge < -0.3 is 5.11 Å². The molecule has 0 radical (unpaired) electrons. The van der Waals surface area contributed by atoms with Crippen LogP contribution in [0.2, 0.25) is 5.02 Å². The van der Waals surface area contributed by atoms with E-state index in [2.05, 4.69) is 6.58 Å². The maximum absolute atomic E-state index is 13.3. The number of aromatic hydroxyl groups is 1. The topological polar surface area (TPSA) is 54.4 Å². The van der Waals surface area contributed by atoms with Crippen LogP contribution in [-0.4, -0.2) is 16.7 Å². The van der Waals surface area contributed by atoms with Crippen LogP contribution in [-0.2, 0) is 9.59 Å². The fraction of sp³-hybridized carbons (Fsp3) is 0.333. The van der Waals surface area contributed by atoms with Gasteiger partial charge in [0.05, 0.1) is 5.41 Å². The van der Waals surface area contributed by atoms with Crippen LogP contribution in [0.3, 0.4) is 0 Å². The molecular weight excluding hydrogens is 336 g/mol. The summed E-state index contributed by atoms with van der Waals surface area (Å²) in [7, 11) is 0. The first-order valence-corrected chi connectivity index (χ1v) is 8.68. The Hall–Kier alpha value is -2.13. The summed E-state index contributed by atoms with van der Waals surface area (Å²) < 4.78 is 0. The second-order valence-electron chi connectivity index (χ2n) is 7.06. The van der Waals surface area contributed by atoms with Gasteiger partial charge >= 0.3 is 0 Å². The number of hydrogen-bond donors (Lipinski definition) is 1. The highest BCUT2D eigenvalue weighted by atomic mass is 35.5. The summed E-state index contributed by atoms with van der Waals surface area (Å²) >= 11 is 6.40. The molecule has 4 heteroatoms. The van der Waals surface area contributed by atoms with Crippen LogP contribution in [0.15, 0.2) is 53.6 Å². The summed E-state index contributed by atoms with van der Waals surface area (Å²) in [5, 5.41) is 10.1. The smallest absolute Gasteiger partial charge is 0.166 e. The molecule has 0 aromatic heterocycles. The van der Waals surface area contributed by atoms with Gasteiger partial charge in [-0.2, -0.15) is 0 Å². The summed E-state index contributed by atoms with van der Waals surface area (Å²) in [6, 6.07) is 4.75. The molecule has 0 saturated carbocycles. The molecule has 2 aliphatic carbocycles. The third kappa shape index (κ3) is 2.41. The monoisotopic (exact) mass is 356 g/mol. The van der Waals surface area contributed by atoms with E-state index >= 15 is 0 Å². The first kappa shape index (κ1) is 17.7. The highest BCUT2D eigenvalue weighted by Gasteiger charge is 2.56. The van der Waals surface area contributed by atoms with Gasteiger partial charge in [-0.05, 0) is 54.7 Å². The van der Waals surface area contributed by atoms with E-state index in [9.17, 15) is 14.7 Å². The molecule has 0 aliphatic heterocycles. The van der Waals surface area contributed by atoms with Crippen molar-refractivity contribution in [2.24, 2.45) is 11.3 Å². The number of fused-ring (bicyclic) bond motifs is 1. The normalized spacial score (nSPS) is 29.4. The van der Waals surface area contributed by atoms with Gasteiger partial charge in [0.2, 0.25) is 0 Å². The quantitative estimate of drug-likeness (QED) is 0.831. The molecule has 1 aromatic rings. The predicted molar refractivity (Wildman–Crippen MR) is 98.7 cm³/mol. The van der Waals surface area contributed by atoms with Gasteiger partial charge in [0, 0.05) is 16.9 Å². The Bertz CT molecular complexity index is 862. The van der Waals surface area contributed by atoms with Crippen LogP contribution >= 0.6 is 11.6 Å². The van der Waals surface area contributed by atoms with Crippen molar-refractivity contribution in [2.45, 2.75) is 33.1 Å². The van der Waals surface area contributed by atoms with Crippen molar-refractivity contribution in [3.05, 3.63) is 64.2 Å². The first-order valence-electron chi connectivity index (χ1n) is 8.30. The fourth-order valence-corrected chi connectivity index (χ4v) is 4.59. The molecule has 3 unspecified atom stereocenters. The number of benzene rings is 1. The summed E-state index contributed by atoms with van der Waals surface area (Å²) in [5.74, 6) is -0.720. The number of phenolic OH excluding ortho intramolecular Hbond substituents is 1. The number of ketones is 2. The highest BCUT2D eigenvalue weighted by molar-refractivity contribution is 6.31. The van der Waals surface area contributed by atoms with Crippen molar-refractivity contribution < 1.29 is 14.7 Å². The number of Topliss-reactive ketones (excluding diaryl/α,β-unsaturated/α-hetero) is 2. The van der Waals surface area contributed by atoms with Gasteiger partial charge in [-0.1, -0.05) is 43.3 Å². The molecule has 0 heterocycles. The number of halogens is 1. The zero-order valence-electron chi connectivity index (χ0n) is 14.6. The number of carbonyl (C=O) groups excluding carboxylic acids is 2. The molecule has 3 nitrogen and oxygen atoms in total. The lowest BCUT2D eigenvalue weighted by Crippen LogP contribution is -2.51. The van der Waals surface area contributed by atoms with E-state index in [0.717, 1.165) is 11.1 Å². The fourth-order valence-electron chi connectivity index (χ4n) is 4.31. The van der Waals surface area contributed by atoms with Crippen molar-refractivity contribution in [1.82, 2.24) is 0 Å². The van der Waals surface area contributed by atoms with Crippen molar-refractivity contribution in [3.8, 4) is 5.75 Å². The summed E-state index contributed by atoms with van der Waals surface area (Å²) in [4.78, 5) is 26.2. The van der Waals surface area contributed by atoms with Gasteiger partial charge in [0.15, 0.2) is 11.6 Å². The van der Waals surface area contributed by atoms with E-state index in [1.165, 1.54) is 6.07 Å². The molecule has 0 fully saturated rings. The molecule has 25 heavy (non-hydrogen) atoms. The first-order chi connectivity index (χ1) is 11.7. The van der Waals surface area contributed by atoms with E-state index in [-0.39, 0.29) is 23.2 Å². The minimum Gasteiger partial charge on any atom is -0.508 e. The Morgan fingerprint density at radius 1 is 1.28 bits per heavy atom. The lowest BCUT2D eigenvalue weighted by molar-refractivity contribution is -0.138.